The molecule has 76 valence electrons. The maximum atomic E-state index is 10.6. The summed E-state index contributed by atoms with van der Waals surface area (Å²) in [4.78, 5) is 8.98. The van der Waals surface area contributed by atoms with Gasteiger partial charge in [-0.3, -0.25) is 14.7 Å². The van der Waals surface area contributed by atoms with Crippen LogP contribution in [0.3, 0.4) is 0 Å². The van der Waals surface area contributed by atoms with Gasteiger partial charge in [0.25, 0.3) is 15.8 Å². The van der Waals surface area contributed by atoms with Gasteiger partial charge < -0.3 is 0 Å². The van der Waals surface area contributed by atoms with Crippen molar-refractivity contribution in [3.63, 3.8) is 0 Å². The number of hydrogen-bond donors (Lipinski definition) is 1. The molecule has 8 heteroatoms. The zero-order chi connectivity index (χ0) is 10.9. The van der Waals surface area contributed by atoms with E-state index in [-0.39, 0.29) is 10.7 Å². The van der Waals surface area contributed by atoms with Gasteiger partial charge in [-0.1, -0.05) is 11.6 Å². The van der Waals surface area contributed by atoms with Gasteiger partial charge in [0.15, 0.2) is 0 Å². The SMILES string of the molecule is O=[N+]([O-])c1ccc(S(=O)(=O)O)c(Cl)c1. The van der Waals surface area contributed by atoms with Crippen LogP contribution in [0.15, 0.2) is 23.1 Å². The van der Waals surface area contributed by atoms with E-state index >= 15 is 0 Å². The summed E-state index contributed by atoms with van der Waals surface area (Å²) in [5.74, 6) is 0. The molecule has 0 amide bonds. The molecule has 0 radical (unpaired) electrons. The third-order valence-corrected chi connectivity index (χ3v) is 2.74. The fourth-order valence-electron chi connectivity index (χ4n) is 0.813. The number of nitro benzene ring substituents is 1. The monoisotopic (exact) mass is 237 g/mol. The van der Waals surface area contributed by atoms with Crippen LogP contribution >= 0.6 is 11.6 Å². The molecule has 0 fully saturated rings. The highest BCUT2D eigenvalue weighted by Gasteiger charge is 2.17. The van der Waals surface area contributed by atoms with E-state index in [1.807, 2.05) is 0 Å². The van der Waals surface area contributed by atoms with E-state index in [4.69, 9.17) is 16.2 Å². The first-order valence-electron chi connectivity index (χ1n) is 3.24. The zero-order valence-electron chi connectivity index (χ0n) is 6.55. The largest absolute Gasteiger partial charge is 0.296 e. The molecule has 0 aliphatic rings. The van der Waals surface area contributed by atoms with Crippen LogP contribution < -0.4 is 0 Å². The molecule has 0 unspecified atom stereocenters. The van der Waals surface area contributed by atoms with Gasteiger partial charge in [-0.05, 0) is 6.07 Å². The zero-order valence-corrected chi connectivity index (χ0v) is 8.12. The third-order valence-electron chi connectivity index (χ3n) is 1.40. The topological polar surface area (TPSA) is 97.5 Å². The summed E-state index contributed by atoms with van der Waals surface area (Å²) < 4.78 is 29.9. The van der Waals surface area contributed by atoms with Crippen LogP contribution in [-0.2, 0) is 10.1 Å². The minimum atomic E-state index is -4.43. The Balaban J connectivity index is 3.35. The molecule has 1 N–H and O–H groups in total. The molecule has 0 aliphatic heterocycles. The van der Waals surface area contributed by atoms with Gasteiger partial charge in [0.1, 0.15) is 4.90 Å². The van der Waals surface area contributed by atoms with E-state index in [0.29, 0.717) is 0 Å². The Labute approximate surface area is 84.0 Å². The summed E-state index contributed by atoms with van der Waals surface area (Å²) >= 11 is 5.41. The summed E-state index contributed by atoms with van der Waals surface area (Å²) in [5.41, 5.74) is -0.345. The van der Waals surface area contributed by atoms with Gasteiger partial charge in [0.05, 0.1) is 9.95 Å². The minimum Gasteiger partial charge on any atom is -0.282 e. The van der Waals surface area contributed by atoms with Crippen LogP contribution in [0.5, 0.6) is 0 Å². The van der Waals surface area contributed by atoms with E-state index in [9.17, 15) is 18.5 Å². The summed E-state index contributed by atoms with van der Waals surface area (Å²) in [6, 6.07) is 2.66. The van der Waals surface area contributed by atoms with Gasteiger partial charge in [0.2, 0.25) is 0 Å². The van der Waals surface area contributed by atoms with E-state index in [0.717, 1.165) is 18.2 Å². The lowest BCUT2D eigenvalue weighted by atomic mass is 10.3. The molecular formula is C6H4ClNO5S. The van der Waals surface area contributed by atoms with Gasteiger partial charge in [-0.25, -0.2) is 0 Å². The Morgan fingerprint density at radius 3 is 2.36 bits per heavy atom. The van der Waals surface area contributed by atoms with Crippen molar-refractivity contribution in [2.75, 3.05) is 0 Å². The summed E-state index contributed by atoms with van der Waals surface area (Å²) in [7, 11) is -4.43. The molecule has 0 spiro atoms. The van der Waals surface area contributed by atoms with Crippen LogP contribution in [0.25, 0.3) is 0 Å². The van der Waals surface area contributed by atoms with Crippen LogP contribution in [0.1, 0.15) is 0 Å². The summed E-state index contributed by atoms with van der Waals surface area (Å²) in [5, 5.41) is 9.86. The smallest absolute Gasteiger partial charge is 0.282 e. The van der Waals surface area contributed by atoms with Crippen molar-refractivity contribution in [1.82, 2.24) is 0 Å². The molecular weight excluding hydrogens is 234 g/mol. The molecule has 1 rings (SSSR count). The van der Waals surface area contributed by atoms with Crippen LogP contribution in [0.2, 0.25) is 5.02 Å². The van der Waals surface area contributed by atoms with Gasteiger partial charge in [-0.15, -0.1) is 0 Å². The van der Waals surface area contributed by atoms with Gasteiger partial charge in [-0.2, -0.15) is 8.42 Å². The van der Waals surface area contributed by atoms with Gasteiger partial charge >= 0.3 is 0 Å². The minimum absolute atomic E-state index is 0.345. The quantitative estimate of drug-likeness (QED) is 0.477. The molecule has 0 bridgehead atoms. The molecule has 0 atom stereocenters. The predicted octanol–water partition coefficient (Wildman–Crippen LogP) is 1.49. The molecule has 0 heterocycles. The Hall–Kier alpha value is -1.18. The number of nitro groups is 1. The molecule has 0 saturated heterocycles. The average molecular weight is 238 g/mol. The Kier molecular flexibility index (Phi) is 2.74. The van der Waals surface area contributed by atoms with Crippen molar-refractivity contribution in [2.45, 2.75) is 4.90 Å². The predicted molar refractivity (Wildman–Crippen MR) is 47.9 cm³/mol. The maximum Gasteiger partial charge on any atom is 0.296 e. The highest BCUT2D eigenvalue weighted by molar-refractivity contribution is 7.86. The highest BCUT2D eigenvalue weighted by atomic mass is 35.5. The molecule has 6 nitrogen and oxygen atoms in total. The fraction of sp³-hybridized carbons (Fsp3) is 0. The first kappa shape index (κ1) is 10.9. The van der Waals surface area contributed by atoms with Crippen molar-refractivity contribution >= 4 is 27.4 Å². The first-order valence-corrected chi connectivity index (χ1v) is 5.05. The van der Waals surface area contributed by atoms with E-state index in [1.54, 1.807) is 0 Å². The molecule has 1 aromatic rings. The first-order chi connectivity index (χ1) is 6.32. The van der Waals surface area contributed by atoms with Crippen molar-refractivity contribution < 1.29 is 17.9 Å². The Morgan fingerprint density at radius 1 is 1.43 bits per heavy atom. The van der Waals surface area contributed by atoms with Crippen molar-refractivity contribution in [3.8, 4) is 0 Å². The lowest BCUT2D eigenvalue weighted by Crippen LogP contribution is -1.99. The molecule has 14 heavy (non-hydrogen) atoms. The van der Waals surface area contributed by atoms with E-state index in [1.165, 1.54) is 0 Å². The number of benzene rings is 1. The normalized spacial score (nSPS) is 11.3. The highest BCUT2D eigenvalue weighted by Crippen LogP contribution is 2.25. The molecule has 0 saturated carbocycles. The van der Waals surface area contributed by atoms with Crippen LogP contribution in [0, 0.1) is 10.1 Å². The second-order valence-corrected chi connectivity index (χ2v) is 4.14. The van der Waals surface area contributed by atoms with E-state index in [2.05, 4.69) is 0 Å². The third kappa shape index (κ3) is 2.19. The van der Waals surface area contributed by atoms with Crippen molar-refractivity contribution in [1.29, 1.82) is 0 Å². The standard InChI is InChI=1S/C6H4ClNO5S/c7-5-3-4(8(9)10)1-2-6(5)14(11,12)13/h1-3H,(H,11,12,13). The lowest BCUT2D eigenvalue weighted by molar-refractivity contribution is -0.384. The van der Waals surface area contributed by atoms with Crippen molar-refractivity contribution in [3.05, 3.63) is 33.3 Å². The average Bonchev–Trinajstić information content (AvgIpc) is 2.01. The Morgan fingerprint density at radius 2 is 2.00 bits per heavy atom. The molecule has 0 aliphatic carbocycles. The fourth-order valence-corrected chi connectivity index (χ4v) is 1.83. The lowest BCUT2D eigenvalue weighted by Gasteiger charge is -1.99. The second kappa shape index (κ2) is 3.52. The number of hydrogen-bond acceptors (Lipinski definition) is 4. The van der Waals surface area contributed by atoms with Crippen LogP contribution in [0.4, 0.5) is 5.69 Å². The molecule has 1 aromatic carbocycles. The maximum absolute atomic E-state index is 10.6. The summed E-state index contributed by atoms with van der Waals surface area (Å²) in [6.07, 6.45) is 0. The van der Waals surface area contributed by atoms with E-state index < -0.39 is 19.9 Å². The van der Waals surface area contributed by atoms with Gasteiger partial charge in [0, 0.05) is 12.1 Å². The van der Waals surface area contributed by atoms with Crippen molar-refractivity contribution in [2.24, 2.45) is 0 Å². The van der Waals surface area contributed by atoms with Crippen LogP contribution in [-0.4, -0.2) is 17.9 Å². The second-order valence-electron chi connectivity index (χ2n) is 2.35. The number of rotatable bonds is 2. The number of nitrogens with zero attached hydrogens (tertiary/aromatic N) is 1. The Bertz CT molecular complexity index is 483. The summed E-state index contributed by atoms with van der Waals surface area (Å²) in [6.45, 7) is 0. The molecule has 0 aromatic heterocycles. The number of halogens is 1. The number of non-ortho nitro benzene ring substituents is 1.